The van der Waals surface area contributed by atoms with Crippen LogP contribution in [0.25, 0.3) is 0 Å². The summed E-state index contributed by atoms with van der Waals surface area (Å²) in [5.74, 6) is -0.155. The summed E-state index contributed by atoms with van der Waals surface area (Å²) in [5.41, 5.74) is 1.12. The van der Waals surface area contributed by atoms with Gasteiger partial charge in [-0.3, -0.25) is 0 Å². The second-order valence-corrected chi connectivity index (χ2v) is 4.33. The Labute approximate surface area is 121 Å². The Kier molecular flexibility index (Phi) is 4.90. The molecule has 0 saturated carbocycles. The second-order valence-electron chi connectivity index (χ2n) is 3.89. The maximum Gasteiger partial charge on any atom is 0.358 e. The molecule has 0 aliphatic rings. The van der Waals surface area contributed by atoms with Crippen molar-refractivity contribution < 1.29 is 14.3 Å². The first-order valence-electron chi connectivity index (χ1n) is 6.07. The predicted octanol–water partition coefficient (Wildman–Crippen LogP) is 2.89. The molecule has 0 fully saturated rings. The van der Waals surface area contributed by atoms with Crippen molar-refractivity contribution >= 4 is 17.6 Å². The van der Waals surface area contributed by atoms with Gasteiger partial charge in [0.25, 0.3) is 0 Å². The fourth-order valence-electron chi connectivity index (χ4n) is 1.45. The summed E-state index contributed by atoms with van der Waals surface area (Å²) < 4.78 is 10.3. The molecule has 0 bridgehead atoms. The molecular formula is C14H13ClN2O3. The number of hydrogen-bond acceptors (Lipinski definition) is 5. The molecule has 20 heavy (non-hydrogen) atoms. The van der Waals surface area contributed by atoms with Crippen molar-refractivity contribution in [1.29, 1.82) is 0 Å². The highest BCUT2D eigenvalue weighted by atomic mass is 35.5. The summed E-state index contributed by atoms with van der Waals surface area (Å²) in [6, 6.07) is 10.4. The van der Waals surface area contributed by atoms with Crippen LogP contribution in [-0.2, 0) is 11.3 Å². The minimum absolute atomic E-state index is 0.158. The molecule has 0 spiro atoms. The lowest BCUT2D eigenvalue weighted by atomic mass is 10.2. The standard InChI is InChI=1S/C14H13ClN2O3/c1-2-19-14(18)12-7-8-13(17-16-12)20-9-10-3-5-11(15)6-4-10/h3-8H,2,9H2,1H3. The summed E-state index contributed by atoms with van der Waals surface area (Å²) in [4.78, 5) is 11.4. The van der Waals surface area contributed by atoms with E-state index in [-0.39, 0.29) is 5.69 Å². The van der Waals surface area contributed by atoms with Crippen molar-refractivity contribution in [3.05, 3.63) is 52.7 Å². The third-order valence-electron chi connectivity index (χ3n) is 2.42. The summed E-state index contributed by atoms with van der Waals surface area (Å²) in [6.45, 7) is 2.38. The number of esters is 1. The molecule has 0 unspecified atom stereocenters. The number of halogens is 1. The molecule has 104 valence electrons. The van der Waals surface area contributed by atoms with Gasteiger partial charge in [-0.25, -0.2) is 4.79 Å². The molecule has 1 aromatic heterocycles. The lowest BCUT2D eigenvalue weighted by Crippen LogP contribution is -2.08. The van der Waals surface area contributed by atoms with Gasteiger partial charge in [0.05, 0.1) is 6.61 Å². The smallest absolute Gasteiger partial charge is 0.358 e. The molecule has 0 N–H and O–H groups in total. The van der Waals surface area contributed by atoms with E-state index in [2.05, 4.69) is 10.2 Å². The van der Waals surface area contributed by atoms with E-state index in [9.17, 15) is 4.79 Å². The maximum atomic E-state index is 11.4. The minimum atomic E-state index is -0.496. The van der Waals surface area contributed by atoms with Crippen LogP contribution in [0.2, 0.25) is 5.02 Å². The van der Waals surface area contributed by atoms with Crippen LogP contribution in [0.4, 0.5) is 0 Å². The Morgan fingerprint density at radius 3 is 2.50 bits per heavy atom. The van der Waals surface area contributed by atoms with E-state index < -0.39 is 5.97 Å². The first kappa shape index (κ1) is 14.3. The predicted molar refractivity (Wildman–Crippen MR) is 73.8 cm³/mol. The van der Waals surface area contributed by atoms with Gasteiger partial charge in [-0.2, -0.15) is 0 Å². The van der Waals surface area contributed by atoms with Gasteiger partial charge in [0.2, 0.25) is 5.88 Å². The van der Waals surface area contributed by atoms with Crippen molar-refractivity contribution in [2.24, 2.45) is 0 Å². The fraction of sp³-hybridized carbons (Fsp3) is 0.214. The molecule has 0 saturated heterocycles. The van der Waals surface area contributed by atoms with Gasteiger partial charge in [-0.15, -0.1) is 10.2 Å². The number of ether oxygens (including phenoxy) is 2. The maximum absolute atomic E-state index is 11.4. The Morgan fingerprint density at radius 1 is 1.15 bits per heavy atom. The van der Waals surface area contributed by atoms with Crippen molar-refractivity contribution in [1.82, 2.24) is 10.2 Å². The highest BCUT2D eigenvalue weighted by molar-refractivity contribution is 6.30. The van der Waals surface area contributed by atoms with Gasteiger partial charge in [-0.05, 0) is 30.7 Å². The SMILES string of the molecule is CCOC(=O)c1ccc(OCc2ccc(Cl)cc2)nn1. The molecule has 0 atom stereocenters. The van der Waals surface area contributed by atoms with Crippen molar-refractivity contribution in [2.45, 2.75) is 13.5 Å². The molecule has 2 aromatic rings. The van der Waals surface area contributed by atoms with Gasteiger partial charge in [0, 0.05) is 11.1 Å². The van der Waals surface area contributed by atoms with E-state index in [1.807, 2.05) is 12.1 Å². The number of carbonyl (C=O) groups excluding carboxylic acids is 1. The van der Waals surface area contributed by atoms with Gasteiger partial charge in [-0.1, -0.05) is 23.7 Å². The molecule has 0 amide bonds. The van der Waals surface area contributed by atoms with Crippen molar-refractivity contribution in [2.75, 3.05) is 6.61 Å². The molecule has 1 heterocycles. The highest BCUT2D eigenvalue weighted by Gasteiger charge is 2.09. The van der Waals surface area contributed by atoms with Gasteiger partial charge in [0.1, 0.15) is 6.61 Å². The van der Waals surface area contributed by atoms with Gasteiger partial charge in [0.15, 0.2) is 5.69 Å². The van der Waals surface area contributed by atoms with E-state index in [1.54, 1.807) is 25.1 Å². The van der Waals surface area contributed by atoms with Gasteiger partial charge < -0.3 is 9.47 Å². The monoisotopic (exact) mass is 292 g/mol. The first-order chi connectivity index (χ1) is 9.69. The summed E-state index contributed by atoms with van der Waals surface area (Å²) in [6.07, 6.45) is 0. The number of hydrogen-bond donors (Lipinski definition) is 0. The Balaban J connectivity index is 1.93. The lowest BCUT2D eigenvalue weighted by Gasteiger charge is -2.05. The zero-order valence-electron chi connectivity index (χ0n) is 10.9. The highest BCUT2D eigenvalue weighted by Crippen LogP contribution is 2.12. The first-order valence-corrected chi connectivity index (χ1v) is 6.45. The normalized spacial score (nSPS) is 10.1. The molecule has 6 heteroatoms. The van der Waals surface area contributed by atoms with E-state index in [4.69, 9.17) is 21.1 Å². The number of benzene rings is 1. The van der Waals surface area contributed by atoms with Crippen molar-refractivity contribution in [3.63, 3.8) is 0 Å². The van der Waals surface area contributed by atoms with E-state index in [1.165, 1.54) is 6.07 Å². The number of aromatic nitrogens is 2. The number of nitrogens with zero attached hydrogens (tertiary/aromatic N) is 2. The zero-order valence-corrected chi connectivity index (χ0v) is 11.6. The molecular weight excluding hydrogens is 280 g/mol. The van der Waals surface area contributed by atoms with Crippen LogP contribution in [-0.4, -0.2) is 22.8 Å². The third kappa shape index (κ3) is 3.93. The minimum Gasteiger partial charge on any atom is -0.472 e. The number of carbonyl (C=O) groups is 1. The zero-order chi connectivity index (χ0) is 14.4. The van der Waals surface area contributed by atoms with Crippen LogP contribution >= 0.6 is 11.6 Å². The van der Waals surface area contributed by atoms with Crippen molar-refractivity contribution in [3.8, 4) is 5.88 Å². The molecule has 0 aliphatic carbocycles. The number of rotatable bonds is 5. The fourth-order valence-corrected chi connectivity index (χ4v) is 1.57. The van der Waals surface area contributed by atoms with E-state index in [0.29, 0.717) is 24.1 Å². The van der Waals surface area contributed by atoms with E-state index >= 15 is 0 Å². The summed E-state index contributed by atoms with van der Waals surface area (Å²) >= 11 is 5.79. The van der Waals surface area contributed by atoms with Crippen LogP contribution in [0.15, 0.2) is 36.4 Å². The second kappa shape index (κ2) is 6.86. The molecule has 0 radical (unpaired) electrons. The Morgan fingerprint density at radius 2 is 1.90 bits per heavy atom. The topological polar surface area (TPSA) is 61.3 Å². The Hall–Kier alpha value is -2.14. The Bertz CT molecular complexity index is 570. The average Bonchev–Trinajstić information content (AvgIpc) is 2.47. The van der Waals surface area contributed by atoms with Crippen LogP contribution in [0.3, 0.4) is 0 Å². The van der Waals surface area contributed by atoms with E-state index in [0.717, 1.165) is 5.56 Å². The van der Waals surface area contributed by atoms with Crippen LogP contribution in [0.1, 0.15) is 23.0 Å². The largest absolute Gasteiger partial charge is 0.472 e. The molecule has 5 nitrogen and oxygen atoms in total. The summed E-state index contributed by atoms with van der Waals surface area (Å²) in [7, 11) is 0. The lowest BCUT2D eigenvalue weighted by molar-refractivity contribution is 0.0518. The van der Waals surface area contributed by atoms with Crippen LogP contribution in [0, 0.1) is 0 Å². The van der Waals surface area contributed by atoms with Crippen LogP contribution in [0.5, 0.6) is 5.88 Å². The quantitative estimate of drug-likeness (QED) is 0.793. The van der Waals surface area contributed by atoms with Gasteiger partial charge >= 0.3 is 5.97 Å². The average molecular weight is 293 g/mol. The summed E-state index contributed by atoms with van der Waals surface area (Å²) in [5, 5.41) is 8.24. The van der Waals surface area contributed by atoms with Crippen LogP contribution < -0.4 is 4.74 Å². The molecule has 1 aromatic carbocycles. The molecule has 0 aliphatic heterocycles. The third-order valence-corrected chi connectivity index (χ3v) is 2.68. The molecule has 2 rings (SSSR count).